The minimum Gasteiger partial charge on any atom is -0.538 e. The molecule has 0 spiro atoms. The van der Waals surface area contributed by atoms with Crippen LogP contribution in [0.3, 0.4) is 0 Å². The van der Waals surface area contributed by atoms with E-state index in [0.29, 0.717) is 16.5 Å². The number of non-ortho nitro benzene ring substituents is 1. The molecule has 1 N–H and O–H groups in total. The van der Waals surface area contributed by atoms with Crippen molar-refractivity contribution in [1.82, 2.24) is 5.27 Å². The maximum Gasteiger partial charge on any atom is 0.290 e. The maximum atomic E-state index is 11.9. The fraction of sp³-hybridized carbons (Fsp3) is 0.308. The number of anilines is 1. The van der Waals surface area contributed by atoms with Crippen LogP contribution in [-0.2, 0) is 11.8 Å². The van der Waals surface area contributed by atoms with Gasteiger partial charge in [-0.2, -0.15) is 0 Å². The molecule has 0 unspecified atom stereocenters. The second kappa shape index (κ2) is 7.09. The van der Waals surface area contributed by atoms with E-state index >= 15 is 0 Å². The van der Waals surface area contributed by atoms with Crippen molar-refractivity contribution in [1.29, 1.82) is 0 Å². The first-order valence-electron chi connectivity index (χ1n) is 6.59. The van der Waals surface area contributed by atoms with Gasteiger partial charge in [0.25, 0.3) is 10.7 Å². The minimum atomic E-state index is -0.549. The maximum absolute atomic E-state index is 11.9. The summed E-state index contributed by atoms with van der Waals surface area (Å²) in [5.41, 5.74) is 1.03. The first-order chi connectivity index (χ1) is 10.9. The Morgan fingerprint density at radius 3 is 2.87 bits per heavy atom. The van der Waals surface area contributed by atoms with Crippen molar-refractivity contribution in [3.63, 3.8) is 0 Å². The van der Waals surface area contributed by atoms with Crippen molar-refractivity contribution in [3.05, 3.63) is 33.9 Å². The van der Waals surface area contributed by atoms with Crippen molar-refractivity contribution >= 4 is 29.0 Å². The fourth-order valence-corrected chi connectivity index (χ4v) is 2.63. The molecule has 9 nitrogen and oxygen atoms in total. The summed E-state index contributed by atoms with van der Waals surface area (Å²) in [5.74, 6) is -0.496. The molecular formula is C13H14N4O5S. The highest BCUT2D eigenvalue weighted by molar-refractivity contribution is 7.99. The number of nitrogens with one attached hydrogen (secondary N) is 1. The summed E-state index contributed by atoms with van der Waals surface area (Å²) < 4.78 is 5.77. The predicted octanol–water partition coefficient (Wildman–Crippen LogP) is 0.910. The molecule has 1 aromatic carbocycles. The number of carbonyl (C=O) groups excluding carboxylic acids is 1. The Morgan fingerprint density at radius 2 is 2.26 bits per heavy atom. The zero-order valence-corrected chi connectivity index (χ0v) is 13.3. The van der Waals surface area contributed by atoms with Gasteiger partial charge < -0.3 is 14.9 Å². The zero-order valence-electron chi connectivity index (χ0n) is 12.4. The van der Waals surface area contributed by atoms with Crippen LogP contribution in [0, 0.1) is 17.0 Å². The second-order valence-electron chi connectivity index (χ2n) is 4.69. The lowest BCUT2D eigenvalue weighted by molar-refractivity contribution is -0.772. The van der Waals surface area contributed by atoms with Crippen LogP contribution in [0.15, 0.2) is 27.7 Å². The molecule has 10 heteroatoms. The molecule has 1 amide bonds. The quantitative estimate of drug-likeness (QED) is 0.359. The molecule has 1 aromatic heterocycles. The van der Waals surface area contributed by atoms with Crippen LogP contribution in [0.5, 0.6) is 5.95 Å². The van der Waals surface area contributed by atoms with Crippen molar-refractivity contribution < 1.29 is 24.0 Å². The van der Waals surface area contributed by atoms with Gasteiger partial charge in [-0.15, -0.1) is 0 Å². The third-order valence-corrected chi connectivity index (χ3v) is 4.10. The third kappa shape index (κ3) is 4.19. The summed E-state index contributed by atoms with van der Waals surface area (Å²) in [5, 5.41) is 28.5. The summed E-state index contributed by atoms with van der Waals surface area (Å²) >= 11 is 1.16. The molecule has 0 radical (unpaired) electrons. The normalized spacial score (nSPS) is 10.5. The van der Waals surface area contributed by atoms with Crippen molar-refractivity contribution in [2.75, 3.05) is 11.1 Å². The number of amides is 1. The largest absolute Gasteiger partial charge is 0.538 e. The lowest BCUT2D eigenvalue weighted by atomic mass is 10.2. The van der Waals surface area contributed by atoms with Crippen LogP contribution >= 0.6 is 11.8 Å². The average Bonchev–Trinajstić information content (AvgIpc) is 2.81. The highest BCUT2D eigenvalue weighted by atomic mass is 32.2. The lowest BCUT2D eigenvalue weighted by Crippen LogP contribution is -2.32. The first kappa shape index (κ1) is 16.7. The molecule has 2 rings (SSSR count). The van der Waals surface area contributed by atoms with Crippen molar-refractivity contribution in [2.45, 2.75) is 18.4 Å². The molecule has 0 saturated carbocycles. The average molecular weight is 338 g/mol. The number of hydrogen-bond acceptors (Lipinski definition) is 7. The van der Waals surface area contributed by atoms with Crippen LogP contribution in [0.2, 0.25) is 0 Å². The number of rotatable bonds is 6. The Labute approximate surface area is 135 Å². The summed E-state index contributed by atoms with van der Waals surface area (Å²) in [4.78, 5) is 22.2. The molecule has 1 heterocycles. The van der Waals surface area contributed by atoms with Gasteiger partial charge in [0.2, 0.25) is 5.91 Å². The monoisotopic (exact) mass is 338 g/mol. The summed E-state index contributed by atoms with van der Waals surface area (Å²) in [7, 11) is 1.57. The molecule has 2 aromatic rings. The van der Waals surface area contributed by atoms with E-state index in [9.17, 15) is 20.0 Å². The van der Waals surface area contributed by atoms with E-state index in [4.69, 9.17) is 0 Å². The highest BCUT2D eigenvalue weighted by Crippen LogP contribution is 2.24. The van der Waals surface area contributed by atoms with Crippen molar-refractivity contribution in [3.8, 4) is 5.95 Å². The number of aryl methyl sites for hydroxylation is 2. The van der Waals surface area contributed by atoms with Crippen LogP contribution in [-0.4, -0.2) is 21.9 Å². The third-order valence-electron chi connectivity index (χ3n) is 2.99. The Bertz CT molecular complexity index is 726. The van der Waals surface area contributed by atoms with Crippen molar-refractivity contribution in [2.24, 2.45) is 7.05 Å². The smallest absolute Gasteiger partial charge is 0.290 e. The van der Waals surface area contributed by atoms with Gasteiger partial charge >= 0.3 is 0 Å². The van der Waals surface area contributed by atoms with E-state index in [1.54, 1.807) is 20.0 Å². The molecule has 0 saturated heterocycles. The number of aromatic nitrogens is 2. The number of nitrogens with zero attached hydrogens (tertiary/aromatic N) is 3. The summed E-state index contributed by atoms with van der Waals surface area (Å²) in [6, 6.07) is 4.27. The Balaban J connectivity index is 1.92. The van der Waals surface area contributed by atoms with Crippen LogP contribution < -0.4 is 15.1 Å². The van der Waals surface area contributed by atoms with Gasteiger partial charge in [-0.25, -0.2) is 0 Å². The molecule has 23 heavy (non-hydrogen) atoms. The number of nitro groups is 1. The van der Waals surface area contributed by atoms with Crippen LogP contribution in [0.25, 0.3) is 0 Å². The first-order valence-corrected chi connectivity index (χ1v) is 7.57. The summed E-state index contributed by atoms with van der Waals surface area (Å²) in [6.07, 6.45) is 0.136. The van der Waals surface area contributed by atoms with E-state index in [1.165, 1.54) is 16.8 Å². The number of nitro benzene ring substituents is 1. The standard InChI is InChI=1S/C13H14N4O5S/c1-8-3-4-9(17(20)21)7-10(8)14-11(18)5-6-23-12-13(19)22-15-16(12)2/h3-4,7H,5-6H2,1-2H3,(H-,14,15,18,19). The minimum absolute atomic E-state index is 0.0900. The number of carbonyl (C=O) groups is 1. The molecule has 0 aliphatic carbocycles. The van der Waals surface area contributed by atoms with E-state index < -0.39 is 10.9 Å². The number of thioether (sulfide) groups is 1. The van der Waals surface area contributed by atoms with Crippen LogP contribution in [0.1, 0.15) is 12.0 Å². The molecule has 122 valence electrons. The molecule has 0 aliphatic rings. The predicted molar refractivity (Wildman–Crippen MR) is 78.9 cm³/mol. The Morgan fingerprint density at radius 1 is 1.52 bits per heavy atom. The van der Waals surface area contributed by atoms with Gasteiger partial charge in [0.1, 0.15) is 0 Å². The van der Waals surface area contributed by atoms with E-state index in [-0.39, 0.29) is 18.0 Å². The van der Waals surface area contributed by atoms with Gasteiger partial charge in [0, 0.05) is 24.3 Å². The molecule has 0 bridgehead atoms. The van der Waals surface area contributed by atoms with Gasteiger partial charge in [-0.1, -0.05) is 22.5 Å². The van der Waals surface area contributed by atoms with Gasteiger partial charge in [0.05, 0.1) is 15.9 Å². The van der Waals surface area contributed by atoms with E-state index in [2.05, 4.69) is 15.1 Å². The molecule has 0 fully saturated rings. The number of hydrogen-bond donors (Lipinski definition) is 1. The Hall–Kier alpha value is -2.62. The van der Waals surface area contributed by atoms with Gasteiger partial charge in [-0.05, 0) is 12.5 Å². The fourth-order valence-electron chi connectivity index (χ4n) is 1.77. The molecule has 0 atom stereocenters. The van der Waals surface area contributed by atoms with E-state index in [0.717, 1.165) is 17.3 Å². The molecule has 0 aliphatic heterocycles. The molecular weight excluding hydrogens is 324 g/mol. The topological polar surface area (TPSA) is 125 Å². The zero-order chi connectivity index (χ0) is 17.0. The number of benzene rings is 1. The van der Waals surface area contributed by atoms with Gasteiger partial charge in [-0.3, -0.25) is 14.9 Å². The van der Waals surface area contributed by atoms with Gasteiger partial charge in [0.15, 0.2) is 13.0 Å². The van der Waals surface area contributed by atoms with E-state index in [1.807, 2.05) is 0 Å². The highest BCUT2D eigenvalue weighted by Gasteiger charge is 2.15. The lowest BCUT2D eigenvalue weighted by Gasteiger charge is -2.07. The second-order valence-corrected chi connectivity index (χ2v) is 5.78. The summed E-state index contributed by atoms with van der Waals surface area (Å²) in [6.45, 7) is 1.74. The van der Waals surface area contributed by atoms with Crippen LogP contribution in [0.4, 0.5) is 11.4 Å². The Kier molecular flexibility index (Phi) is 5.16. The SMILES string of the molecule is Cc1ccc([N+](=O)[O-])cc1NC(=O)CCSc1c([O-])on[n+]1C.